The van der Waals surface area contributed by atoms with Crippen LogP contribution in [-0.4, -0.2) is 36.3 Å². The Morgan fingerprint density at radius 1 is 1.22 bits per heavy atom. The second-order valence-electron chi connectivity index (χ2n) is 4.12. The minimum Gasteiger partial charge on any atom is -0.343 e. The molecule has 0 unspecified atom stereocenters. The van der Waals surface area contributed by atoms with E-state index in [2.05, 4.69) is 5.32 Å². The van der Waals surface area contributed by atoms with Crippen molar-refractivity contribution in [3.05, 3.63) is 35.4 Å². The molecule has 0 atom stereocenters. The highest BCUT2D eigenvalue weighted by atomic mass is 16.2. The summed E-state index contributed by atoms with van der Waals surface area (Å²) < 4.78 is 0. The van der Waals surface area contributed by atoms with Crippen LogP contribution in [-0.2, 0) is 4.79 Å². The zero-order chi connectivity index (χ0) is 13.5. The zero-order valence-electron chi connectivity index (χ0n) is 11.2. The molecule has 0 fully saturated rings. The fraction of sp³-hybridized carbons (Fsp3) is 0.429. The van der Waals surface area contributed by atoms with Gasteiger partial charge in [0.25, 0.3) is 5.91 Å². The van der Waals surface area contributed by atoms with Crippen molar-refractivity contribution in [3.63, 3.8) is 0 Å². The molecule has 0 radical (unpaired) electrons. The van der Waals surface area contributed by atoms with Crippen molar-refractivity contribution in [3.8, 4) is 0 Å². The lowest BCUT2D eigenvalue weighted by molar-refractivity contribution is -0.129. The molecule has 0 aromatic heterocycles. The second kappa shape index (κ2) is 6.79. The number of nitrogens with zero attached hydrogens (tertiary/aromatic N) is 1. The fourth-order valence-electron chi connectivity index (χ4n) is 1.73. The normalized spacial score (nSPS) is 9.94. The van der Waals surface area contributed by atoms with Gasteiger partial charge in [0.15, 0.2) is 0 Å². The molecule has 0 aliphatic heterocycles. The van der Waals surface area contributed by atoms with Gasteiger partial charge in [0, 0.05) is 18.7 Å². The van der Waals surface area contributed by atoms with Crippen molar-refractivity contribution < 1.29 is 9.59 Å². The van der Waals surface area contributed by atoms with Crippen LogP contribution in [0.4, 0.5) is 0 Å². The maximum Gasteiger partial charge on any atom is 0.251 e. The monoisotopic (exact) mass is 248 g/mol. The van der Waals surface area contributed by atoms with Crippen LogP contribution >= 0.6 is 0 Å². The summed E-state index contributed by atoms with van der Waals surface area (Å²) in [6.45, 7) is 7.14. The average molecular weight is 248 g/mol. The number of carbonyl (C=O) groups excluding carboxylic acids is 2. The number of hydrogen-bond donors (Lipinski definition) is 1. The van der Waals surface area contributed by atoms with Crippen LogP contribution < -0.4 is 5.32 Å². The molecule has 1 aromatic rings. The first-order valence-electron chi connectivity index (χ1n) is 6.21. The number of likely N-dealkylation sites (N-methyl/N-ethyl adjacent to an activating group) is 1. The molecule has 0 bridgehead atoms. The van der Waals surface area contributed by atoms with Gasteiger partial charge in [0.1, 0.15) is 0 Å². The van der Waals surface area contributed by atoms with Gasteiger partial charge in [-0.15, -0.1) is 0 Å². The molecule has 0 heterocycles. The minimum atomic E-state index is -0.209. The van der Waals surface area contributed by atoms with Gasteiger partial charge in [-0.25, -0.2) is 0 Å². The number of hydrogen-bond acceptors (Lipinski definition) is 2. The van der Waals surface area contributed by atoms with Gasteiger partial charge in [-0.2, -0.15) is 0 Å². The molecular weight excluding hydrogens is 228 g/mol. The first-order chi connectivity index (χ1) is 8.58. The Labute approximate surface area is 108 Å². The van der Waals surface area contributed by atoms with Crippen molar-refractivity contribution in [2.24, 2.45) is 0 Å². The molecule has 0 aliphatic rings. The van der Waals surface area contributed by atoms with E-state index in [1.165, 1.54) is 0 Å². The molecule has 2 amide bonds. The van der Waals surface area contributed by atoms with Crippen molar-refractivity contribution in [2.45, 2.75) is 20.8 Å². The molecule has 0 aliphatic carbocycles. The minimum absolute atomic E-state index is 0.0501. The summed E-state index contributed by atoms with van der Waals surface area (Å²) in [6.07, 6.45) is 0. The molecule has 4 nitrogen and oxygen atoms in total. The largest absolute Gasteiger partial charge is 0.343 e. The molecule has 0 spiro atoms. The van der Waals surface area contributed by atoms with E-state index >= 15 is 0 Å². The van der Waals surface area contributed by atoms with E-state index in [9.17, 15) is 9.59 Å². The summed E-state index contributed by atoms with van der Waals surface area (Å²) in [5.41, 5.74) is 1.61. The highest BCUT2D eigenvalue weighted by molar-refractivity contribution is 5.96. The van der Waals surface area contributed by atoms with E-state index in [4.69, 9.17) is 0 Å². The molecule has 1 aromatic carbocycles. The predicted octanol–water partition coefficient (Wildman–Crippen LogP) is 1.59. The van der Waals surface area contributed by atoms with Crippen molar-refractivity contribution in [1.82, 2.24) is 10.2 Å². The Hall–Kier alpha value is -1.84. The zero-order valence-corrected chi connectivity index (χ0v) is 11.2. The maximum atomic E-state index is 11.8. The number of nitrogens with one attached hydrogen (secondary N) is 1. The van der Waals surface area contributed by atoms with E-state index in [1.54, 1.807) is 17.0 Å². The van der Waals surface area contributed by atoms with Crippen LogP contribution in [0.25, 0.3) is 0 Å². The summed E-state index contributed by atoms with van der Waals surface area (Å²) in [5.74, 6) is -0.264. The van der Waals surface area contributed by atoms with Gasteiger partial charge in [-0.05, 0) is 32.9 Å². The number of rotatable bonds is 5. The molecule has 0 saturated carbocycles. The topological polar surface area (TPSA) is 49.4 Å². The lowest BCUT2D eigenvalue weighted by Crippen LogP contribution is -2.40. The van der Waals surface area contributed by atoms with Gasteiger partial charge >= 0.3 is 0 Å². The predicted molar refractivity (Wildman–Crippen MR) is 71.4 cm³/mol. The smallest absolute Gasteiger partial charge is 0.251 e. The molecule has 4 heteroatoms. The highest BCUT2D eigenvalue weighted by Crippen LogP contribution is 2.03. The van der Waals surface area contributed by atoms with E-state index in [0.29, 0.717) is 18.7 Å². The summed E-state index contributed by atoms with van der Waals surface area (Å²) in [5, 5.41) is 2.64. The Kier molecular flexibility index (Phi) is 5.36. The van der Waals surface area contributed by atoms with Crippen molar-refractivity contribution in [1.29, 1.82) is 0 Å². The van der Waals surface area contributed by atoms with Crippen LogP contribution in [0.15, 0.2) is 24.3 Å². The summed E-state index contributed by atoms with van der Waals surface area (Å²) in [6, 6.07) is 7.30. The number of aryl methyl sites for hydroxylation is 1. The highest BCUT2D eigenvalue weighted by Gasteiger charge is 2.11. The first-order valence-corrected chi connectivity index (χ1v) is 6.21. The molecule has 98 valence electrons. The van der Waals surface area contributed by atoms with E-state index in [1.807, 2.05) is 32.9 Å². The van der Waals surface area contributed by atoms with Crippen LogP contribution in [0.5, 0.6) is 0 Å². The SMILES string of the molecule is CCN(CC)C(=O)CNC(=O)c1cccc(C)c1. The summed E-state index contributed by atoms with van der Waals surface area (Å²) in [7, 11) is 0. The molecule has 0 saturated heterocycles. The summed E-state index contributed by atoms with van der Waals surface area (Å²) in [4.78, 5) is 25.2. The standard InChI is InChI=1S/C14H20N2O2/c1-4-16(5-2)13(17)10-15-14(18)12-8-6-7-11(3)9-12/h6-9H,4-5,10H2,1-3H3,(H,15,18). The average Bonchev–Trinajstić information content (AvgIpc) is 2.37. The number of benzene rings is 1. The van der Waals surface area contributed by atoms with Crippen LogP contribution in [0, 0.1) is 6.92 Å². The van der Waals surface area contributed by atoms with Gasteiger partial charge in [0.05, 0.1) is 6.54 Å². The number of amides is 2. The molecule has 1 N–H and O–H groups in total. The first kappa shape index (κ1) is 14.2. The van der Waals surface area contributed by atoms with Gasteiger partial charge in [-0.1, -0.05) is 17.7 Å². The third-order valence-electron chi connectivity index (χ3n) is 2.80. The van der Waals surface area contributed by atoms with Crippen LogP contribution in [0.2, 0.25) is 0 Å². The van der Waals surface area contributed by atoms with E-state index in [0.717, 1.165) is 5.56 Å². The third-order valence-corrected chi connectivity index (χ3v) is 2.80. The Morgan fingerprint density at radius 2 is 1.89 bits per heavy atom. The maximum absolute atomic E-state index is 11.8. The van der Waals surface area contributed by atoms with Crippen molar-refractivity contribution in [2.75, 3.05) is 19.6 Å². The fourth-order valence-corrected chi connectivity index (χ4v) is 1.73. The number of carbonyl (C=O) groups is 2. The molecule has 1 rings (SSSR count). The van der Waals surface area contributed by atoms with Crippen LogP contribution in [0.3, 0.4) is 0 Å². The Balaban J connectivity index is 2.54. The van der Waals surface area contributed by atoms with Gasteiger partial charge in [0.2, 0.25) is 5.91 Å². The quantitative estimate of drug-likeness (QED) is 0.860. The Morgan fingerprint density at radius 3 is 2.44 bits per heavy atom. The Bertz CT molecular complexity index is 426. The van der Waals surface area contributed by atoms with Crippen LogP contribution in [0.1, 0.15) is 29.8 Å². The third kappa shape index (κ3) is 3.87. The van der Waals surface area contributed by atoms with Gasteiger partial charge < -0.3 is 10.2 Å². The van der Waals surface area contributed by atoms with Crippen molar-refractivity contribution >= 4 is 11.8 Å². The molecular formula is C14H20N2O2. The lowest BCUT2D eigenvalue weighted by Gasteiger charge is -2.18. The second-order valence-corrected chi connectivity index (χ2v) is 4.12. The summed E-state index contributed by atoms with van der Waals surface area (Å²) >= 11 is 0. The lowest BCUT2D eigenvalue weighted by atomic mass is 10.1. The van der Waals surface area contributed by atoms with Gasteiger partial charge in [-0.3, -0.25) is 9.59 Å². The van der Waals surface area contributed by atoms with E-state index < -0.39 is 0 Å². The van der Waals surface area contributed by atoms with E-state index in [-0.39, 0.29) is 18.4 Å². The molecule has 18 heavy (non-hydrogen) atoms.